The number of halogens is 1. The maximum atomic E-state index is 12.8. The van der Waals surface area contributed by atoms with Gasteiger partial charge in [-0.1, -0.05) is 18.2 Å². The molecule has 0 saturated heterocycles. The van der Waals surface area contributed by atoms with Crippen LogP contribution in [-0.2, 0) is 13.0 Å². The summed E-state index contributed by atoms with van der Waals surface area (Å²) in [7, 11) is 0. The Morgan fingerprint density at radius 2 is 1.96 bits per heavy atom. The maximum Gasteiger partial charge on any atom is 0.319 e. The first-order chi connectivity index (χ1) is 11.1. The van der Waals surface area contributed by atoms with Crippen molar-refractivity contribution in [1.82, 2.24) is 10.6 Å². The number of hydrogen-bond acceptors (Lipinski definition) is 2. The van der Waals surface area contributed by atoms with E-state index < -0.39 is 0 Å². The highest BCUT2D eigenvalue weighted by Gasteiger charge is 2.17. The van der Waals surface area contributed by atoms with Crippen molar-refractivity contribution in [3.8, 4) is 0 Å². The van der Waals surface area contributed by atoms with Gasteiger partial charge in [0.2, 0.25) is 0 Å². The Bertz CT molecular complexity index is 744. The number of amides is 3. The highest BCUT2D eigenvalue weighted by Crippen LogP contribution is 2.19. The Morgan fingerprint density at radius 1 is 1.17 bits per heavy atom. The lowest BCUT2D eigenvalue weighted by atomic mass is 10.00. The highest BCUT2D eigenvalue weighted by molar-refractivity contribution is 5.99. The molecule has 3 amide bonds. The number of rotatable bonds is 3. The molecule has 0 bridgehead atoms. The van der Waals surface area contributed by atoms with Gasteiger partial charge in [-0.05, 0) is 41.8 Å². The number of urea groups is 1. The van der Waals surface area contributed by atoms with E-state index in [2.05, 4.69) is 16.0 Å². The minimum absolute atomic E-state index is 0.123. The number of carbonyl (C=O) groups is 2. The van der Waals surface area contributed by atoms with Gasteiger partial charge < -0.3 is 16.0 Å². The molecule has 3 N–H and O–H groups in total. The molecule has 0 atom stereocenters. The lowest BCUT2D eigenvalue weighted by Crippen LogP contribution is -2.32. The first-order valence-corrected chi connectivity index (χ1v) is 7.32. The summed E-state index contributed by atoms with van der Waals surface area (Å²) in [5.41, 5.74) is 2.92. The lowest BCUT2D eigenvalue weighted by molar-refractivity contribution is 0.0946. The molecular weight excluding hydrogens is 297 g/mol. The summed E-state index contributed by atoms with van der Waals surface area (Å²) >= 11 is 0. The fourth-order valence-electron chi connectivity index (χ4n) is 2.45. The monoisotopic (exact) mass is 313 g/mol. The van der Waals surface area contributed by atoms with Crippen molar-refractivity contribution >= 4 is 17.6 Å². The smallest absolute Gasteiger partial charge is 0.319 e. The van der Waals surface area contributed by atoms with E-state index in [4.69, 9.17) is 0 Å². The van der Waals surface area contributed by atoms with Crippen LogP contribution in [0.2, 0.25) is 0 Å². The van der Waals surface area contributed by atoms with Crippen molar-refractivity contribution in [3.05, 3.63) is 65.0 Å². The van der Waals surface area contributed by atoms with Crippen LogP contribution in [0.1, 0.15) is 21.5 Å². The van der Waals surface area contributed by atoms with Gasteiger partial charge in [0.25, 0.3) is 5.91 Å². The average Bonchev–Trinajstić information content (AvgIpc) is 2.55. The van der Waals surface area contributed by atoms with Crippen molar-refractivity contribution in [2.75, 3.05) is 11.9 Å². The Hall–Kier alpha value is -2.89. The van der Waals surface area contributed by atoms with Crippen LogP contribution >= 0.6 is 0 Å². The second-order valence-corrected chi connectivity index (χ2v) is 5.31. The van der Waals surface area contributed by atoms with Crippen molar-refractivity contribution in [2.24, 2.45) is 0 Å². The zero-order chi connectivity index (χ0) is 16.2. The van der Waals surface area contributed by atoms with E-state index in [0.717, 1.165) is 17.5 Å². The molecule has 2 aromatic carbocycles. The van der Waals surface area contributed by atoms with Gasteiger partial charge in [0.15, 0.2) is 0 Å². The van der Waals surface area contributed by atoms with Crippen molar-refractivity contribution < 1.29 is 14.0 Å². The summed E-state index contributed by atoms with van der Waals surface area (Å²) in [5, 5.41) is 8.15. The third kappa shape index (κ3) is 3.66. The number of anilines is 1. The minimum Gasteiger partial charge on any atom is -0.352 e. The van der Waals surface area contributed by atoms with Crippen molar-refractivity contribution in [1.29, 1.82) is 0 Å². The molecule has 5 nitrogen and oxygen atoms in total. The zero-order valence-electron chi connectivity index (χ0n) is 12.4. The quantitative estimate of drug-likeness (QED) is 0.814. The molecule has 0 aliphatic carbocycles. The summed E-state index contributed by atoms with van der Waals surface area (Å²) in [6.45, 7) is 0.925. The van der Waals surface area contributed by atoms with Gasteiger partial charge in [-0.3, -0.25) is 4.79 Å². The number of carbonyl (C=O) groups excluding carboxylic acids is 2. The summed E-state index contributed by atoms with van der Waals surface area (Å²) in [6, 6.07) is 10.8. The average molecular weight is 313 g/mol. The SMILES string of the molecule is O=C(NCc1ccc(F)cc1)Nc1ccc2c(c1)C(=O)NCC2. The van der Waals surface area contributed by atoms with Crippen LogP contribution < -0.4 is 16.0 Å². The summed E-state index contributed by atoms with van der Waals surface area (Å²) in [6.07, 6.45) is 0.790. The van der Waals surface area contributed by atoms with E-state index in [1.807, 2.05) is 6.07 Å². The van der Waals surface area contributed by atoms with Crippen LogP contribution in [0, 0.1) is 5.82 Å². The van der Waals surface area contributed by atoms with Gasteiger partial charge in [-0.15, -0.1) is 0 Å². The number of nitrogens with one attached hydrogen (secondary N) is 3. The summed E-state index contributed by atoms with van der Waals surface area (Å²) < 4.78 is 12.8. The predicted molar refractivity (Wildman–Crippen MR) is 84.7 cm³/mol. The van der Waals surface area contributed by atoms with Gasteiger partial charge in [-0.2, -0.15) is 0 Å². The molecular formula is C17H16FN3O2. The molecule has 0 unspecified atom stereocenters. The van der Waals surface area contributed by atoms with Crippen LogP contribution in [0.5, 0.6) is 0 Å². The maximum absolute atomic E-state index is 12.8. The van der Waals surface area contributed by atoms with E-state index in [1.54, 1.807) is 24.3 Å². The van der Waals surface area contributed by atoms with Crippen LogP contribution in [0.15, 0.2) is 42.5 Å². The van der Waals surface area contributed by atoms with Gasteiger partial charge in [0.1, 0.15) is 5.82 Å². The molecule has 1 aliphatic heterocycles. The third-order valence-electron chi connectivity index (χ3n) is 3.66. The second-order valence-electron chi connectivity index (χ2n) is 5.31. The second kappa shape index (κ2) is 6.48. The fraction of sp³-hybridized carbons (Fsp3) is 0.176. The van der Waals surface area contributed by atoms with Gasteiger partial charge in [-0.25, -0.2) is 9.18 Å². The van der Waals surface area contributed by atoms with Crippen LogP contribution in [0.3, 0.4) is 0 Å². The molecule has 118 valence electrons. The molecule has 3 rings (SSSR count). The molecule has 0 fully saturated rings. The number of hydrogen-bond donors (Lipinski definition) is 3. The van der Waals surface area contributed by atoms with Crippen LogP contribution in [0.25, 0.3) is 0 Å². The first-order valence-electron chi connectivity index (χ1n) is 7.32. The summed E-state index contributed by atoms with van der Waals surface area (Å²) in [4.78, 5) is 23.7. The van der Waals surface area contributed by atoms with Gasteiger partial charge >= 0.3 is 6.03 Å². The Labute approximate surface area is 132 Å². The minimum atomic E-state index is -0.384. The molecule has 0 spiro atoms. The van der Waals surface area contributed by atoms with E-state index in [-0.39, 0.29) is 24.3 Å². The van der Waals surface area contributed by atoms with Crippen molar-refractivity contribution in [2.45, 2.75) is 13.0 Å². The van der Waals surface area contributed by atoms with E-state index in [9.17, 15) is 14.0 Å². The Kier molecular flexibility index (Phi) is 4.23. The molecule has 1 heterocycles. The van der Waals surface area contributed by atoms with Crippen LogP contribution in [0.4, 0.5) is 14.9 Å². The zero-order valence-corrected chi connectivity index (χ0v) is 12.4. The fourth-order valence-corrected chi connectivity index (χ4v) is 2.45. The molecule has 0 radical (unpaired) electrons. The van der Waals surface area contributed by atoms with Gasteiger partial charge in [0, 0.05) is 24.3 Å². The van der Waals surface area contributed by atoms with E-state index in [0.29, 0.717) is 17.8 Å². The number of benzene rings is 2. The van der Waals surface area contributed by atoms with Gasteiger partial charge in [0.05, 0.1) is 0 Å². The Balaban J connectivity index is 1.60. The van der Waals surface area contributed by atoms with Crippen molar-refractivity contribution in [3.63, 3.8) is 0 Å². The molecule has 0 aromatic heterocycles. The third-order valence-corrected chi connectivity index (χ3v) is 3.66. The standard InChI is InChI=1S/C17H16FN3O2/c18-13-4-1-11(2-5-13)10-20-17(23)21-14-6-3-12-7-8-19-16(22)15(12)9-14/h1-6,9H,7-8,10H2,(H,19,22)(H2,20,21,23). The van der Waals surface area contributed by atoms with Crippen LogP contribution in [-0.4, -0.2) is 18.5 Å². The highest BCUT2D eigenvalue weighted by atomic mass is 19.1. The summed E-state index contributed by atoms with van der Waals surface area (Å²) in [5.74, 6) is -0.438. The molecule has 1 aliphatic rings. The van der Waals surface area contributed by atoms with E-state index >= 15 is 0 Å². The first kappa shape index (κ1) is 15.0. The molecule has 6 heteroatoms. The lowest BCUT2D eigenvalue weighted by Gasteiger charge is -2.17. The molecule has 23 heavy (non-hydrogen) atoms. The molecule has 0 saturated carbocycles. The number of fused-ring (bicyclic) bond motifs is 1. The van der Waals surface area contributed by atoms with E-state index in [1.165, 1.54) is 12.1 Å². The normalized spacial score (nSPS) is 13.0. The molecule has 2 aromatic rings. The largest absolute Gasteiger partial charge is 0.352 e. The topological polar surface area (TPSA) is 70.2 Å². The predicted octanol–water partition coefficient (Wildman–Crippen LogP) is 2.43. The Morgan fingerprint density at radius 3 is 2.74 bits per heavy atom.